The van der Waals surface area contributed by atoms with E-state index in [1.807, 2.05) is 13.0 Å². The van der Waals surface area contributed by atoms with Crippen molar-refractivity contribution in [2.75, 3.05) is 0 Å². The monoisotopic (exact) mass is 178 g/mol. The van der Waals surface area contributed by atoms with Crippen LogP contribution in [0.15, 0.2) is 24.3 Å². The standard InChI is InChI=1S/C10H10O3/c1-7-4-3-5-9(6-7)13-10(12)8(2)11/h3-6H,1-2H3. The largest absolute Gasteiger partial charge is 0.421 e. The molecule has 0 aliphatic rings. The normalized spacial score (nSPS) is 9.38. The van der Waals surface area contributed by atoms with Crippen molar-refractivity contribution < 1.29 is 14.3 Å². The Morgan fingerprint density at radius 3 is 2.54 bits per heavy atom. The van der Waals surface area contributed by atoms with Crippen molar-refractivity contribution in [3.63, 3.8) is 0 Å². The highest BCUT2D eigenvalue weighted by Gasteiger charge is 2.09. The molecule has 0 N–H and O–H groups in total. The molecule has 0 unspecified atom stereocenters. The number of benzene rings is 1. The van der Waals surface area contributed by atoms with E-state index in [4.69, 9.17) is 4.74 Å². The molecular formula is C10H10O3. The van der Waals surface area contributed by atoms with Crippen molar-refractivity contribution in [3.8, 4) is 5.75 Å². The van der Waals surface area contributed by atoms with E-state index in [9.17, 15) is 9.59 Å². The average Bonchev–Trinajstić information content (AvgIpc) is 2.04. The van der Waals surface area contributed by atoms with E-state index in [1.165, 1.54) is 6.92 Å². The van der Waals surface area contributed by atoms with Gasteiger partial charge in [0.1, 0.15) is 5.75 Å². The first-order chi connectivity index (χ1) is 6.09. The third kappa shape index (κ3) is 2.71. The van der Waals surface area contributed by atoms with Gasteiger partial charge in [-0.15, -0.1) is 0 Å². The molecule has 0 aliphatic carbocycles. The van der Waals surface area contributed by atoms with Crippen LogP contribution in [-0.2, 0) is 9.59 Å². The Morgan fingerprint density at radius 1 is 1.31 bits per heavy atom. The van der Waals surface area contributed by atoms with Crippen molar-refractivity contribution in [1.29, 1.82) is 0 Å². The Morgan fingerprint density at radius 2 is 2.00 bits per heavy atom. The minimum atomic E-state index is -0.828. The van der Waals surface area contributed by atoms with E-state index in [0.29, 0.717) is 5.75 Å². The summed E-state index contributed by atoms with van der Waals surface area (Å²) in [6.07, 6.45) is 0. The Bertz CT molecular complexity index is 342. The summed E-state index contributed by atoms with van der Waals surface area (Å²) in [7, 11) is 0. The van der Waals surface area contributed by atoms with Gasteiger partial charge in [-0.25, -0.2) is 4.79 Å². The smallest absolute Gasteiger partial charge is 0.379 e. The van der Waals surface area contributed by atoms with Gasteiger partial charge in [0.15, 0.2) is 0 Å². The molecule has 0 bridgehead atoms. The highest BCUT2D eigenvalue weighted by Crippen LogP contribution is 2.12. The van der Waals surface area contributed by atoms with Crippen LogP contribution in [0, 0.1) is 6.92 Å². The van der Waals surface area contributed by atoms with Gasteiger partial charge >= 0.3 is 5.97 Å². The summed E-state index contributed by atoms with van der Waals surface area (Å²) in [4.78, 5) is 21.4. The maximum atomic E-state index is 10.9. The van der Waals surface area contributed by atoms with Crippen molar-refractivity contribution in [3.05, 3.63) is 29.8 Å². The quantitative estimate of drug-likeness (QED) is 0.391. The summed E-state index contributed by atoms with van der Waals surface area (Å²) in [5.74, 6) is -1.02. The molecule has 0 heterocycles. The lowest BCUT2D eigenvalue weighted by atomic mass is 10.2. The number of carbonyl (C=O) groups is 2. The van der Waals surface area contributed by atoms with Crippen LogP contribution in [0.2, 0.25) is 0 Å². The summed E-state index contributed by atoms with van der Waals surface area (Å²) in [6.45, 7) is 3.06. The summed E-state index contributed by atoms with van der Waals surface area (Å²) in [5, 5.41) is 0. The first-order valence-electron chi connectivity index (χ1n) is 3.89. The molecule has 1 rings (SSSR count). The number of ether oxygens (including phenoxy) is 1. The molecule has 0 spiro atoms. The van der Waals surface area contributed by atoms with Crippen molar-refractivity contribution in [2.45, 2.75) is 13.8 Å². The van der Waals surface area contributed by atoms with E-state index in [2.05, 4.69) is 0 Å². The topological polar surface area (TPSA) is 43.4 Å². The maximum Gasteiger partial charge on any atom is 0.379 e. The number of hydrogen-bond acceptors (Lipinski definition) is 3. The number of rotatable bonds is 2. The van der Waals surface area contributed by atoms with Gasteiger partial charge in [-0.3, -0.25) is 4.79 Å². The number of Topliss-reactive ketones (excluding diaryl/α,β-unsaturated/α-hetero) is 1. The van der Waals surface area contributed by atoms with E-state index in [0.717, 1.165) is 5.56 Å². The zero-order valence-electron chi connectivity index (χ0n) is 7.53. The minimum Gasteiger partial charge on any atom is -0.421 e. The minimum absolute atomic E-state index is 0.403. The molecule has 3 heteroatoms. The molecule has 3 nitrogen and oxygen atoms in total. The maximum absolute atomic E-state index is 10.9. The van der Waals surface area contributed by atoms with Gasteiger partial charge < -0.3 is 4.74 Å². The summed E-state index contributed by atoms with van der Waals surface area (Å²) in [5.41, 5.74) is 0.980. The molecule has 0 radical (unpaired) electrons. The molecule has 0 saturated heterocycles. The highest BCUT2D eigenvalue weighted by molar-refractivity contribution is 6.33. The Balaban J connectivity index is 2.75. The van der Waals surface area contributed by atoms with Crippen LogP contribution in [0.4, 0.5) is 0 Å². The number of ketones is 1. The zero-order chi connectivity index (χ0) is 9.84. The van der Waals surface area contributed by atoms with Gasteiger partial charge in [0.05, 0.1) is 0 Å². The van der Waals surface area contributed by atoms with Crippen LogP contribution in [0.3, 0.4) is 0 Å². The van der Waals surface area contributed by atoms with Crippen molar-refractivity contribution in [1.82, 2.24) is 0 Å². The van der Waals surface area contributed by atoms with Gasteiger partial charge in [-0.2, -0.15) is 0 Å². The molecule has 0 atom stereocenters. The second-order valence-electron chi connectivity index (χ2n) is 2.76. The van der Waals surface area contributed by atoms with Gasteiger partial charge in [-0.05, 0) is 24.6 Å². The molecule has 1 aromatic carbocycles. The fraction of sp³-hybridized carbons (Fsp3) is 0.200. The fourth-order valence-corrected chi connectivity index (χ4v) is 0.858. The molecule has 0 aliphatic heterocycles. The van der Waals surface area contributed by atoms with E-state index in [-0.39, 0.29) is 0 Å². The Labute approximate surface area is 76.3 Å². The number of esters is 1. The lowest BCUT2D eigenvalue weighted by molar-refractivity contribution is -0.146. The molecular weight excluding hydrogens is 168 g/mol. The third-order valence-electron chi connectivity index (χ3n) is 1.49. The van der Waals surface area contributed by atoms with Crippen molar-refractivity contribution >= 4 is 11.8 Å². The molecule has 68 valence electrons. The molecule has 0 amide bonds. The van der Waals surface area contributed by atoms with E-state index in [1.54, 1.807) is 18.2 Å². The third-order valence-corrected chi connectivity index (χ3v) is 1.49. The van der Waals surface area contributed by atoms with Crippen LogP contribution in [0.1, 0.15) is 12.5 Å². The number of aryl methyl sites for hydroxylation is 1. The van der Waals surface area contributed by atoms with E-state index >= 15 is 0 Å². The summed E-state index contributed by atoms with van der Waals surface area (Å²) < 4.78 is 4.77. The van der Waals surface area contributed by atoms with Crippen LogP contribution >= 0.6 is 0 Å². The van der Waals surface area contributed by atoms with Crippen LogP contribution in [-0.4, -0.2) is 11.8 Å². The first-order valence-corrected chi connectivity index (χ1v) is 3.89. The lowest BCUT2D eigenvalue weighted by Gasteiger charge is -2.01. The number of carbonyl (C=O) groups excluding carboxylic acids is 2. The zero-order valence-corrected chi connectivity index (χ0v) is 7.53. The van der Waals surface area contributed by atoms with E-state index < -0.39 is 11.8 Å². The predicted molar refractivity (Wildman–Crippen MR) is 47.5 cm³/mol. The van der Waals surface area contributed by atoms with Gasteiger partial charge in [0.2, 0.25) is 5.78 Å². The Kier molecular flexibility index (Phi) is 2.80. The first kappa shape index (κ1) is 9.45. The second kappa shape index (κ2) is 3.85. The van der Waals surface area contributed by atoms with Crippen LogP contribution < -0.4 is 4.74 Å². The fourth-order valence-electron chi connectivity index (χ4n) is 0.858. The molecule has 0 saturated carbocycles. The molecule has 13 heavy (non-hydrogen) atoms. The van der Waals surface area contributed by atoms with Gasteiger partial charge in [-0.1, -0.05) is 12.1 Å². The highest BCUT2D eigenvalue weighted by atomic mass is 16.5. The lowest BCUT2D eigenvalue weighted by Crippen LogP contribution is -2.16. The summed E-state index contributed by atoms with van der Waals surface area (Å²) >= 11 is 0. The van der Waals surface area contributed by atoms with Gasteiger partial charge in [0, 0.05) is 6.92 Å². The molecule has 0 aromatic heterocycles. The SMILES string of the molecule is CC(=O)C(=O)Oc1cccc(C)c1. The van der Waals surface area contributed by atoms with Gasteiger partial charge in [0.25, 0.3) is 0 Å². The van der Waals surface area contributed by atoms with Crippen LogP contribution in [0.25, 0.3) is 0 Å². The van der Waals surface area contributed by atoms with Crippen LogP contribution in [0.5, 0.6) is 5.75 Å². The Hall–Kier alpha value is -1.64. The number of hydrogen-bond donors (Lipinski definition) is 0. The summed E-state index contributed by atoms with van der Waals surface area (Å²) in [6, 6.07) is 6.97. The molecule has 0 fully saturated rings. The van der Waals surface area contributed by atoms with Crippen molar-refractivity contribution in [2.24, 2.45) is 0 Å². The predicted octanol–water partition coefficient (Wildman–Crippen LogP) is 1.49. The second-order valence-corrected chi connectivity index (χ2v) is 2.76. The molecule has 1 aromatic rings. The average molecular weight is 178 g/mol.